The van der Waals surface area contributed by atoms with E-state index < -0.39 is 0 Å². The van der Waals surface area contributed by atoms with Crippen LogP contribution in [0.25, 0.3) is 0 Å². The van der Waals surface area contributed by atoms with E-state index in [9.17, 15) is 9.59 Å². The van der Waals surface area contributed by atoms with Gasteiger partial charge in [-0.2, -0.15) is 5.10 Å². The van der Waals surface area contributed by atoms with E-state index >= 15 is 0 Å². The summed E-state index contributed by atoms with van der Waals surface area (Å²) < 4.78 is 7.17. The van der Waals surface area contributed by atoms with Gasteiger partial charge in [-0.05, 0) is 25.7 Å². The molecule has 0 saturated heterocycles. The topological polar surface area (TPSA) is 115 Å². The Labute approximate surface area is 135 Å². The highest BCUT2D eigenvalue weighted by Gasteiger charge is 2.32. The fourth-order valence-corrected chi connectivity index (χ4v) is 2.94. The van der Waals surface area contributed by atoms with Gasteiger partial charge in [0.05, 0.1) is 6.10 Å². The predicted octanol–water partition coefficient (Wildman–Crippen LogP) is -0.310. The largest absolute Gasteiger partial charge is 0.377 e. The zero-order valence-corrected chi connectivity index (χ0v) is 13.9. The fourth-order valence-electron chi connectivity index (χ4n) is 2.94. The molecule has 0 aromatic carbocycles. The Morgan fingerprint density at radius 3 is 2.91 bits per heavy atom. The van der Waals surface area contributed by atoms with Crippen molar-refractivity contribution < 1.29 is 9.53 Å². The maximum atomic E-state index is 12.2. The maximum Gasteiger partial charge on any atom is 0.343 e. The van der Waals surface area contributed by atoms with Gasteiger partial charge in [-0.15, -0.1) is 0 Å². The fraction of sp³-hybridized carbons (Fsp3) is 0.800. The van der Waals surface area contributed by atoms with Gasteiger partial charge in [0, 0.05) is 38.6 Å². The Morgan fingerprint density at radius 2 is 2.30 bits per heavy atom. The number of nitrogens with zero attached hydrogens (tertiary/aromatic N) is 2. The number of rotatable bonds is 7. The van der Waals surface area contributed by atoms with Crippen molar-refractivity contribution in [1.82, 2.24) is 20.1 Å². The molecule has 8 nitrogen and oxygen atoms in total. The van der Waals surface area contributed by atoms with E-state index in [1.807, 2.05) is 0 Å². The minimum Gasteiger partial charge on any atom is -0.377 e. The van der Waals surface area contributed by atoms with E-state index in [1.54, 1.807) is 7.05 Å². The van der Waals surface area contributed by atoms with Crippen LogP contribution in [0.5, 0.6) is 0 Å². The van der Waals surface area contributed by atoms with E-state index in [1.165, 1.54) is 4.57 Å². The second-order valence-corrected chi connectivity index (χ2v) is 6.13. The summed E-state index contributed by atoms with van der Waals surface area (Å²) in [5.41, 5.74) is 5.89. The molecular formula is C15H27N5O3. The van der Waals surface area contributed by atoms with Gasteiger partial charge in [-0.1, -0.05) is 6.92 Å². The van der Waals surface area contributed by atoms with E-state index in [0.29, 0.717) is 25.2 Å². The summed E-state index contributed by atoms with van der Waals surface area (Å²) in [7, 11) is 1.65. The van der Waals surface area contributed by atoms with Crippen molar-refractivity contribution in [1.29, 1.82) is 0 Å². The molecule has 1 aromatic rings. The molecule has 1 aromatic heterocycles. The van der Waals surface area contributed by atoms with Crippen LogP contribution in [0.1, 0.15) is 38.4 Å². The molecule has 23 heavy (non-hydrogen) atoms. The summed E-state index contributed by atoms with van der Waals surface area (Å²) in [6.07, 6.45) is 3.84. The number of amides is 1. The van der Waals surface area contributed by atoms with Crippen LogP contribution in [0.2, 0.25) is 0 Å². The summed E-state index contributed by atoms with van der Waals surface area (Å²) in [4.78, 5) is 23.5. The molecule has 0 radical (unpaired) electrons. The van der Waals surface area contributed by atoms with Gasteiger partial charge in [0.15, 0.2) is 0 Å². The number of nitrogens with two attached hydrogens (primary N) is 1. The standard InChI is InChI=1S/C15H27N5O3/c1-3-8-23-12-5-4-10(9-11(12)16)14(21)17-7-6-13-18-19-15(22)20(13)2/h10-12H,3-9,16H2,1-2H3,(H,17,21)(H,19,22)/t10-,11+,12+/m0/s1. The molecule has 2 rings (SSSR count). The third kappa shape index (κ3) is 4.65. The molecule has 0 bridgehead atoms. The second kappa shape index (κ2) is 8.26. The van der Waals surface area contributed by atoms with Crippen molar-refractivity contribution in [2.75, 3.05) is 13.2 Å². The molecule has 4 N–H and O–H groups in total. The number of aromatic amines is 1. The van der Waals surface area contributed by atoms with Gasteiger partial charge in [-0.25, -0.2) is 9.89 Å². The molecule has 3 atom stereocenters. The summed E-state index contributed by atoms with van der Waals surface area (Å²) in [5.74, 6) is 0.591. The van der Waals surface area contributed by atoms with Gasteiger partial charge in [0.1, 0.15) is 5.82 Å². The lowest BCUT2D eigenvalue weighted by Crippen LogP contribution is -2.46. The zero-order chi connectivity index (χ0) is 16.8. The minimum atomic E-state index is -0.247. The summed E-state index contributed by atoms with van der Waals surface area (Å²) in [6, 6.07) is -0.0850. The first-order valence-corrected chi connectivity index (χ1v) is 8.28. The van der Waals surface area contributed by atoms with Crippen molar-refractivity contribution in [2.45, 2.75) is 51.2 Å². The van der Waals surface area contributed by atoms with Crippen LogP contribution in [0.15, 0.2) is 4.79 Å². The lowest BCUT2D eigenvalue weighted by Gasteiger charge is -2.33. The van der Waals surface area contributed by atoms with Crippen molar-refractivity contribution >= 4 is 5.91 Å². The van der Waals surface area contributed by atoms with Crippen molar-refractivity contribution in [3.63, 3.8) is 0 Å². The van der Waals surface area contributed by atoms with Gasteiger partial charge in [-0.3, -0.25) is 9.36 Å². The minimum absolute atomic E-state index is 0.0231. The number of hydrogen-bond acceptors (Lipinski definition) is 5. The molecular weight excluding hydrogens is 298 g/mol. The average Bonchev–Trinajstić information content (AvgIpc) is 2.85. The molecule has 130 valence electrons. The van der Waals surface area contributed by atoms with Crippen molar-refractivity contribution in [3.05, 3.63) is 16.3 Å². The van der Waals surface area contributed by atoms with Gasteiger partial charge >= 0.3 is 5.69 Å². The molecule has 1 saturated carbocycles. The second-order valence-electron chi connectivity index (χ2n) is 6.13. The summed E-state index contributed by atoms with van der Waals surface area (Å²) in [5, 5.41) is 9.20. The zero-order valence-electron chi connectivity index (χ0n) is 13.9. The van der Waals surface area contributed by atoms with Crippen LogP contribution in [0, 0.1) is 5.92 Å². The number of aromatic nitrogens is 3. The monoisotopic (exact) mass is 325 g/mol. The van der Waals surface area contributed by atoms with E-state index in [0.717, 1.165) is 25.9 Å². The maximum absolute atomic E-state index is 12.2. The quantitative estimate of drug-likeness (QED) is 0.636. The lowest BCUT2D eigenvalue weighted by molar-refractivity contribution is -0.127. The molecule has 1 amide bonds. The average molecular weight is 325 g/mol. The van der Waals surface area contributed by atoms with Crippen molar-refractivity contribution in [3.8, 4) is 0 Å². The first kappa shape index (κ1) is 17.7. The third-order valence-electron chi connectivity index (χ3n) is 4.36. The number of hydrogen-bond donors (Lipinski definition) is 3. The van der Waals surface area contributed by atoms with Crippen LogP contribution in [-0.2, 0) is 23.0 Å². The Bertz CT molecular complexity index is 568. The number of carbonyl (C=O) groups is 1. The Hall–Kier alpha value is -1.67. The van der Waals surface area contributed by atoms with Gasteiger partial charge in [0.2, 0.25) is 5.91 Å². The van der Waals surface area contributed by atoms with E-state index in [4.69, 9.17) is 10.5 Å². The predicted molar refractivity (Wildman–Crippen MR) is 85.9 cm³/mol. The molecule has 0 unspecified atom stereocenters. The number of H-pyrrole nitrogens is 1. The molecule has 1 heterocycles. The Morgan fingerprint density at radius 1 is 1.52 bits per heavy atom. The van der Waals surface area contributed by atoms with Crippen molar-refractivity contribution in [2.24, 2.45) is 18.7 Å². The molecule has 0 spiro atoms. The van der Waals surface area contributed by atoms with Crippen LogP contribution in [0.4, 0.5) is 0 Å². The first-order valence-electron chi connectivity index (χ1n) is 8.28. The SMILES string of the molecule is CCCO[C@@H]1CC[C@H](C(=O)NCCc2n[nH]c(=O)n2C)C[C@H]1N. The Balaban J connectivity index is 1.74. The number of ether oxygens (including phenoxy) is 1. The molecule has 1 aliphatic rings. The van der Waals surface area contributed by atoms with Gasteiger partial charge < -0.3 is 15.8 Å². The Kier molecular flexibility index (Phi) is 6.35. The van der Waals surface area contributed by atoms with E-state index in [-0.39, 0.29) is 29.7 Å². The highest BCUT2D eigenvalue weighted by Crippen LogP contribution is 2.25. The normalized spacial score (nSPS) is 24.6. The van der Waals surface area contributed by atoms with Crippen LogP contribution >= 0.6 is 0 Å². The van der Waals surface area contributed by atoms with Crippen LogP contribution in [-0.4, -0.2) is 46.0 Å². The smallest absolute Gasteiger partial charge is 0.343 e. The highest BCUT2D eigenvalue weighted by molar-refractivity contribution is 5.78. The highest BCUT2D eigenvalue weighted by atomic mass is 16.5. The number of nitrogens with one attached hydrogen (secondary N) is 2. The van der Waals surface area contributed by atoms with E-state index in [2.05, 4.69) is 22.4 Å². The molecule has 8 heteroatoms. The van der Waals surface area contributed by atoms with Crippen LogP contribution in [0.3, 0.4) is 0 Å². The number of carbonyl (C=O) groups excluding carboxylic acids is 1. The first-order chi connectivity index (χ1) is 11.0. The molecule has 1 aliphatic carbocycles. The molecule has 0 aliphatic heterocycles. The molecule has 1 fully saturated rings. The third-order valence-corrected chi connectivity index (χ3v) is 4.36. The summed E-state index contributed by atoms with van der Waals surface area (Å²) in [6.45, 7) is 3.25. The van der Waals surface area contributed by atoms with Crippen LogP contribution < -0.4 is 16.7 Å². The van der Waals surface area contributed by atoms with Gasteiger partial charge in [0.25, 0.3) is 0 Å². The lowest BCUT2D eigenvalue weighted by atomic mass is 9.83. The summed E-state index contributed by atoms with van der Waals surface area (Å²) >= 11 is 0.